The van der Waals surface area contributed by atoms with Gasteiger partial charge in [0.1, 0.15) is 12.6 Å². The summed E-state index contributed by atoms with van der Waals surface area (Å²) < 4.78 is 62.9. The zero-order valence-electron chi connectivity index (χ0n) is 13.5. The third-order valence-electron chi connectivity index (χ3n) is 3.89. The first-order chi connectivity index (χ1) is 12.0. The minimum absolute atomic E-state index is 0.0177. The van der Waals surface area contributed by atoms with E-state index in [-0.39, 0.29) is 23.4 Å². The van der Waals surface area contributed by atoms with Gasteiger partial charge in [-0.3, -0.25) is 9.59 Å². The van der Waals surface area contributed by atoms with Crippen molar-refractivity contribution in [1.29, 1.82) is 0 Å². The number of rotatable bonds is 5. The lowest BCUT2D eigenvalue weighted by atomic mass is 10.1. The number of amides is 1. The number of sulfonamides is 1. The third kappa shape index (κ3) is 4.73. The van der Waals surface area contributed by atoms with Crippen LogP contribution in [0.1, 0.15) is 29.6 Å². The molecule has 0 spiro atoms. The summed E-state index contributed by atoms with van der Waals surface area (Å²) in [5.41, 5.74) is -0.265. The number of carbonyl (C=O) groups excluding carboxylic acids is 1. The molecule has 1 aromatic carbocycles. The van der Waals surface area contributed by atoms with E-state index in [2.05, 4.69) is 0 Å². The Kier molecular flexibility index (Phi) is 5.91. The first kappa shape index (κ1) is 20.2. The van der Waals surface area contributed by atoms with Crippen molar-refractivity contribution < 1.29 is 36.3 Å². The molecule has 7 nitrogen and oxygen atoms in total. The average Bonchev–Trinajstić information content (AvgIpc) is 2.59. The number of benzene rings is 1. The first-order valence-corrected chi connectivity index (χ1v) is 9.16. The van der Waals surface area contributed by atoms with Crippen molar-refractivity contribution in [2.24, 2.45) is 0 Å². The quantitative estimate of drug-likeness (QED) is 0.790. The molecular weight excluding hydrogens is 377 g/mol. The molecule has 1 aliphatic rings. The van der Waals surface area contributed by atoms with E-state index in [1.165, 1.54) is 18.2 Å². The maximum Gasteiger partial charge on any atom is 0.405 e. The normalized spacial score (nSPS) is 19.1. The van der Waals surface area contributed by atoms with Crippen LogP contribution in [0.3, 0.4) is 0 Å². The van der Waals surface area contributed by atoms with E-state index in [0.717, 1.165) is 10.4 Å². The topological polar surface area (TPSA) is 104 Å². The van der Waals surface area contributed by atoms with Crippen molar-refractivity contribution in [2.75, 3.05) is 13.1 Å². The smallest absolute Gasteiger partial charge is 0.405 e. The second kappa shape index (κ2) is 7.62. The van der Waals surface area contributed by atoms with Gasteiger partial charge in [-0.2, -0.15) is 17.5 Å². The molecule has 1 heterocycles. The number of nitrogens with zero attached hydrogens (tertiary/aromatic N) is 1. The van der Waals surface area contributed by atoms with Crippen LogP contribution in [0.25, 0.3) is 0 Å². The molecule has 0 aliphatic carbocycles. The summed E-state index contributed by atoms with van der Waals surface area (Å²) >= 11 is 0. The SMILES string of the molecule is O=C(NCC(F)(F)F)c1cccc(S(=O)(=O)N2CCCCC2C(=O)O)c1. The monoisotopic (exact) mass is 394 g/mol. The molecule has 0 aromatic heterocycles. The molecule has 1 atom stereocenters. The predicted molar refractivity (Wildman–Crippen MR) is 84.0 cm³/mol. The lowest BCUT2D eigenvalue weighted by Crippen LogP contribution is -2.47. The van der Waals surface area contributed by atoms with Gasteiger partial charge < -0.3 is 10.4 Å². The highest BCUT2D eigenvalue weighted by atomic mass is 32.2. The summed E-state index contributed by atoms with van der Waals surface area (Å²) in [6.07, 6.45) is -3.36. The van der Waals surface area contributed by atoms with Crippen molar-refractivity contribution in [2.45, 2.75) is 36.4 Å². The molecule has 2 rings (SSSR count). The standard InChI is InChI=1S/C15H17F3N2O5S/c16-15(17,18)9-19-13(21)10-4-3-5-11(8-10)26(24,25)20-7-2-1-6-12(20)14(22)23/h3-5,8,12H,1-2,6-7,9H2,(H,19,21)(H,22,23). The molecule has 144 valence electrons. The van der Waals surface area contributed by atoms with E-state index < -0.39 is 40.7 Å². The Labute approximate surface area is 147 Å². The summed E-state index contributed by atoms with van der Waals surface area (Å²) in [7, 11) is -4.21. The lowest BCUT2D eigenvalue weighted by molar-refractivity contribution is -0.142. The van der Waals surface area contributed by atoms with Crippen LogP contribution in [-0.4, -0.2) is 55.0 Å². The van der Waals surface area contributed by atoms with Crippen LogP contribution in [-0.2, 0) is 14.8 Å². The molecule has 2 N–H and O–H groups in total. The van der Waals surface area contributed by atoms with Crippen molar-refractivity contribution in [3.8, 4) is 0 Å². The number of carbonyl (C=O) groups is 2. The van der Waals surface area contributed by atoms with Crippen LogP contribution in [0, 0.1) is 0 Å². The molecule has 1 aromatic rings. The van der Waals surface area contributed by atoms with Gasteiger partial charge in [-0.1, -0.05) is 6.07 Å². The number of halogens is 3. The Bertz CT molecular complexity index is 795. The number of aliphatic carboxylic acids is 1. The summed E-state index contributed by atoms with van der Waals surface area (Å²) in [5, 5.41) is 10.9. The molecule has 1 fully saturated rings. The van der Waals surface area contributed by atoms with Gasteiger partial charge in [-0.15, -0.1) is 0 Å². The van der Waals surface area contributed by atoms with E-state index in [4.69, 9.17) is 0 Å². The molecule has 0 bridgehead atoms. The van der Waals surface area contributed by atoms with Gasteiger partial charge >= 0.3 is 12.1 Å². The Morgan fingerprint density at radius 3 is 2.58 bits per heavy atom. The van der Waals surface area contributed by atoms with Crippen molar-refractivity contribution in [3.63, 3.8) is 0 Å². The molecular formula is C15H17F3N2O5S. The number of carboxylic acid groups (broad SMARTS) is 1. The highest BCUT2D eigenvalue weighted by Gasteiger charge is 2.37. The van der Waals surface area contributed by atoms with Crippen LogP contribution in [0.2, 0.25) is 0 Å². The number of carboxylic acids is 1. The Morgan fingerprint density at radius 2 is 1.96 bits per heavy atom. The number of alkyl halides is 3. The van der Waals surface area contributed by atoms with Crippen LogP contribution >= 0.6 is 0 Å². The lowest BCUT2D eigenvalue weighted by Gasteiger charge is -2.31. The molecule has 1 saturated heterocycles. The minimum atomic E-state index is -4.60. The fourth-order valence-electron chi connectivity index (χ4n) is 2.66. The average molecular weight is 394 g/mol. The van der Waals surface area contributed by atoms with Gasteiger partial charge in [0.2, 0.25) is 10.0 Å². The summed E-state index contributed by atoms with van der Waals surface area (Å²) in [4.78, 5) is 22.8. The fourth-order valence-corrected chi connectivity index (χ4v) is 4.35. The van der Waals surface area contributed by atoms with E-state index in [1.54, 1.807) is 5.32 Å². The minimum Gasteiger partial charge on any atom is -0.480 e. The molecule has 0 radical (unpaired) electrons. The zero-order valence-corrected chi connectivity index (χ0v) is 14.3. The number of nitrogens with one attached hydrogen (secondary N) is 1. The van der Waals surface area contributed by atoms with E-state index in [1.807, 2.05) is 0 Å². The maximum atomic E-state index is 12.7. The molecule has 1 amide bonds. The maximum absolute atomic E-state index is 12.7. The fraction of sp³-hybridized carbons (Fsp3) is 0.467. The van der Waals surface area contributed by atoms with Crippen molar-refractivity contribution in [1.82, 2.24) is 9.62 Å². The Morgan fingerprint density at radius 1 is 1.27 bits per heavy atom. The Balaban J connectivity index is 2.27. The molecule has 1 aliphatic heterocycles. The highest BCUT2D eigenvalue weighted by molar-refractivity contribution is 7.89. The van der Waals surface area contributed by atoms with Crippen LogP contribution in [0.15, 0.2) is 29.2 Å². The molecule has 26 heavy (non-hydrogen) atoms. The number of hydrogen-bond donors (Lipinski definition) is 2. The van der Waals surface area contributed by atoms with E-state index in [0.29, 0.717) is 12.8 Å². The van der Waals surface area contributed by atoms with Gasteiger partial charge in [-0.05, 0) is 37.5 Å². The Hall–Kier alpha value is -2.14. The molecule has 0 saturated carbocycles. The molecule has 1 unspecified atom stereocenters. The van der Waals surface area contributed by atoms with E-state index in [9.17, 15) is 36.3 Å². The third-order valence-corrected chi connectivity index (χ3v) is 5.80. The second-order valence-electron chi connectivity index (χ2n) is 5.79. The summed E-state index contributed by atoms with van der Waals surface area (Å²) in [6, 6.07) is 3.29. The van der Waals surface area contributed by atoms with Crippen molar-refractivity contribution in [3.05, 3.63) is 29.8 Å². The summed E-state index contributed by atoms with van der Waals surface area (Å²) in [6.45, 7) is -1.53. The van der Waals surface area contributed by atoms with Gasteiger partial charge in [0.25, 0.3) is 5.91 Å². The van der Waals surface area contributed by atoms with Crippen LogP contribution in [0.5, 0.6) is 0 Å². The highest BCUT2D eigenvalue weighted by Crippen LogP contribution is 2.26. The zero-order chi connectivity index (χ0) is 19.5. The largest absolute Gasteiger partial charge is 0.480 e. The summed E-state index contributed by atoms with van der Waals surface area (Å²) in [5.74, 6) is -2.35. The number of hydrogen-bond acceptors (Lipinski definition) is 4. The first-order valence-electron chi connectivity index (χ1n) is 7.72. The second-order valence-corrected chi connectivity index (χ2v) is 7.68. The van der Waals surface area contributed by atoms with E-state index >= 15 is 0 Å². The van der Waals surface area contributed by atoms with Crippen LogP contribution < -0.4 is 5.32 Å². The number of piperidine rings is 1. The van der Waals surface area contributed by atoms with Crippen molar-refractivity contribution >= 4 is 21.9 Å². The van der Waals surface area contributed by atoms with Crippen LogP contribution in [0.4, 0.5) is 13.2 Å². The van der Waals surface area contributed by atoms with Gasteiger partial charge in [0.05, 0.1) is 4.90 Å². The van der Waals surface area contributed by atoms with Gasteiger partial charge in [0.15, 0.2) is 0 Å². The van der Waals surface area contributed by atoms with Gasteiger partial charge in [-0.25, -0.2) is 8.42 Å². The predicted octanol–water partition coefficient (Wildman–Crippen LogP) is 1.61. The van der Waals surface area contributed by atoms with Gasteiger partial charge in [0, 0.05) is 12.1 Å². The molecule has 11 heteroatoms.